The number of carboxylic acids is 2. The Morgan fingerprint density at radius 1 is 1.21 bits per heavy atom. The number of ether oxygens (including phenoxy) is 1. The van der Waals surface area contributed by atoms with Crippen LogP contribution >= 0.6 is 0 Å². The van der Waals surface area contributed by atoms with Gasteiger partial charge < -0.3 is 30.5 Å². The summed E-state index contributed by atoms with van der Waals surface area (Å²) in [4.78, 5) is 36.7. The van der Waals surface area contributed by atoms with E-state index in [1.54, 1.807) is 13.3 Å². The number of rotatable bonds is 9. The molecule has 1 aliphatic heterocycles. The molecule has 5 N–H and O–H groups in total. The van der Waals surface area contributed by atoms with Gasteiger partial charge in [-0.2, -0.15) is 0 Å². The van der Waals surface area contributed by atoms with Gasteiger partial charge in [0, 0.05) is 30.1 Å². The second kappa shape index (κ2) is 12.8. The van der Waals surface area contributed by atoms with Crippen LogP contribution in [0.1, 0.15) is 29.6 Å². The minimum atomic E-state index is -2.27. The number of aromatic nitrogens is 1. The number of hydrogen-bond acceptors (Lipinski definition) is 8. The zero-order chi connectivity index (χ0) is 25.3. The van der Waals surface area contributed by atoms with Crippen molar-refractivity contribution in [2.24, 2.45) is 11.8 Å². The Morgan fingerprint density at radius 3 is 2.47 bits per heavy atom. The van der Waals surface area contributed by atoms with Crippen LogP contribution in [-0.2, 0) is 9.59 Å². The summed E-state index contributed by atoms with van der Waals surface area (Å²) in [6.45, 7) is 5.93. The number of fused-ring (bicyclic) bond motifs is 1. The molecule has 1 aliphatic rings. The van der Waals surface area contributed by atoms with Gasteiger partial charge in [-0.25, -0.2) is 9.59 Å². The molecule has 0 radical (unpaired) electrons. The first-order chi connectivity index (χ1) is 16.2. The number of ketones is 1. The van der Waals surface area contributed by atoms with Gasteiger partial charge in [0.1, 0.15) is 5.75 Å². The van der Waals surface area contributed by atoms with Crippen molar-refractivity contribution in [1.29, 1.82) is 0 Å². The lowest BCUT2D eigenvalue weighted by Crippen LogP contribution is -2.39. The van der Waals surface area contributed by atoms with Crippen LogP contribution < -0.4 is 10.1 Å². The maximum atomic E-state index is 12.8. The van der Waals surface area contributed by atoms with Crippen LogP contribution in [0.25, 0.3) is 10.9 Å². The van der Waals surface area contributed by atoms with Crippen molar-refractivity contribution < 1.29 is 39.5 Å². The number of carbonyl (C=O) groups is 3. The highest BCUT2D eigenvalue weighted by molar-refractivity contribution is 6.07. The molecule has 0 aliphatic carbocycles. The Hall–Kier alpha value is -3.34. The lowest BCUT2D eigenvalue weighted by molar-refractivity contribution is -0.165. The summed E-state index contributed by atoms with van der Waals surface area (Å²) in [7, 11) is 1.63. The molecule has 2 aromatic rings. The first kappa shape index (κ1) is 26.9. The average molecular weight is 475 g/mol. The van der Waals surface area contributed by atoms with Crippen molar-refractivity contribution in [3.8, 4) is 5.75 Å². The number of aliphatic hydroxyl groups excluding tert-OH is 2. The molecule has 184 valence electrons. The quantitative estimate of drug-likeness (QED) is 0.265. The molecular formula is C24H30N2O8. The molecule has 10 nitrogen and oxygen atoms in total. The van der Waals surface area contributed by atoms with E-state index >= 15 is 0 Å². The maximum absolute atomic E-state index is 12.8. The number of methoxy groups -OCH3 is 1. The monoisotopic (exact) mass is 474 g/mol. The average Bonchev–Trinajstić information content (AvgIpc) is 2.85. The fraction of sp³-hybridized carbons (Fsp3) is 0.417. The van der Waals surface area contributed by atoms with E-state index in [-0.39, 0.29) is 5.78 Å². The van der Waals surface area contributed by atoms with Crippen LogP contribution in [0.4, 0.5) is 0 Å². The third-order valence-corrected chi connectivity index (χ3v) is 5.78. The summed E-state index contributed by atoms with van der Waals surface area (Å²) in [6.07, 6.45) is 1.77. The summed E-state index contributed by atoms with van der Waals surface area (Å²) >= 11 is 0. The largest absolute Gasteiger partial charge is 0.497 e. The second-order valence-corrected chi connectivity index (χ2v) is 7.92. The van der Waals surface area contributed by atoms with Crippen LogP contribution in [0.15, 0.2) is 43.1 Å². The molecule has 1 aromatic carbocycles. The number of nitrogens with one attached hydrogen (secondary N) is 1. The minimum absolute atomic E-state index is 0.178. The number of nitrogens with zero attached hydrogens (tertiary/aromatic N) is 1. The Kier molecular flexibility index (Phi) is 10.1. The molecule has 0 saturated carbocycles. The highest BCUT2D eigenvalue weighted by Gasteiger charge is 2.29. The maximum Gasteiger partial charge on any atom is 0.335 e. The molecule has 4 atom stereocenters. The van der Waals surface area contributed by atoms with Crippen molar-refractivity contribution >= 4 is 28.6 Å². The molecule has 2 heterocycles. The van der Waals surface area contributed by atoms with Gasteiger partial charge in [0.15, 0.2) is 18.0 Å². The molecule has 1 saturated heterocycles. The topological polar surface area (TPSA) is 166 Å². The van der Waals surface area contributed by atoms with Gasteiger partial charge in [0.25, 0.3) is 0 Å². The third kappa shape index (κ3) is 7.08. The fourth-order valence-electron chi connectivity index (χ4n) is 3.79. The van der Waals surface area contributed by atoms with E-state index in [1.165, 1.54) is 0 Å². The first-order valence-corrected chi connectivity index (χ1v) is 10.8. The lowest BCUT2D eigenvalue weighted by atomic mass is 9.82. The molecule has 0 bridgehead atoms. The van der Waals surface area contributed by atoms with Gasteiger partial charge in [-0.05, 0) is 55.5 Å². The number of carbonyl (C=O) groups excluding carboxylic acids is 1. The van der Waals surface area contributed by atoms with Crippen LogP contribution in [0.5, 0.6) is 5.75 Å². The molecule has 10 heteroatoms. The molecule has 4 unspecified atom stereocenters. The second-order valence-electron chi connectivity index (χ2n) is 7.92. The normalized spacial score (nSPS) is 19.3. The smallest absolute Gasteiger partial charge is 0.335 e. The number of aliphatic hydroxyl groups is 2. The summed E-state index contributed by atoms with van der Waals surface area (Å²) < 4.78 is 5.28. The highest BCUT2D eigenvalue weighted by Crippen LogP contribution is 2.28. The number of pyridine rings is 1. The van der Waals surface area contributed by atoms with E-state index in [4.69, 9.17) is 25.2 Å². The third-order valence-electron chi connectivity index (χ3n) is 5.78. The number of Topliss-reactive ketones (excluding diaryl/α,β-unsaturated/α-hetero) is 1. The van der Waals surface area contributed by atoms with Crippen LogP contribution in [0.2, 0.25) is 0 Å². The summed E-state index contributed by atoms with van der Waals surface area (Å²) in [5.74, 6) is -1.62. The van der Waals surface area contributed by atoms with E-state index < -0.39 is 24.1 Å². The summed E-state index contributed by atoms with van der Waals surface area (Å²) in [6, 6.07) is 7.48. The van der Waals surface area contributed by atoms with E-state index in [0.29, 0.717) is 18.3 Å². The number of carboxylic acid groups (broad SMARTS) is 2. The molecule has 1 aromatic heterocycles. The van der Waals surface area contributed by atoms with Crippen LogP contribution in [-0.4, -0.2) is 75.5 Å². The van der Waals surface area contributed by atoms with Crippen LogP contribution in [0, 0.1) is 11.8 Å². The van der Waals surface area contributed by atoms with Gasteiger partial charge in [-0.15, -0.1) is 6.58 Å². The van der Waals surface area contributed by atoms with E-state index in [0.717, 1.165) is 48.1 Å². The van der Waals surface area contributed by atoms with Crippen LogP contribution in [0.3, 0.4) is 0 Å². The van der Waals surface area contributed by atoms with Gasteiger partial charge >= 0.3 is 11.9 Å². The Labute approximate surface area is 196 Å². The predicted octanol–water partition coefficient (Wildman–Crippen LogP) is 1.50. The van der Waals surface area contributed by atoms with E-state index in [2.05, 4.69) is 16.9 Å². The Bertz CT molecular complexity index is 1010. The standard InChI is InChI=1S/C20H24N2O2.C4H6O6/c1-3-14-13-21-10-8-15(14)4-7-20(23)17-9-11-22-19-6-5-16(24-2)12-18(17)19;5-1(3(7)8)2(6)4(9)10/h3,5-6,9,11-12,14-15,21H,1,4,7-8,10,13H2,2H3;1-2,5-6H,(H,7,8)(H,9,10). The Morgan fingerprint density at radius 2 is 1.88 bits per heavy atom. The van der Waals surface area contributed by atoms with Gasteiger partial charge in [-0.3, -0.25) is 9.78 Å². The highest BCUT2D eigenvalue weighted by atomic mass is 16.5. The first-order valence-electron chi connectivity index (χ1n) is 10.8. The molecule has 1 fully saturated rings. The van der Waals surface area contributed by atoms with Gasteiger partial charge in [0.05, 0.1) is 12.6 Å². The molecular weight excluding hydrogens is 444 g/mol. The number of benzene rings is 1. The van der Waals surface area contributed by atoms with Crippen molar-refractivity contribution in [3.05, 3.63) is 48.7 Å². The summed E-state index contributed by atoms with van der Waals surface area (Å²) in [5.41, 5.74) is 1.57. The SMILES string of the molecule is C=CC1CNCCC1CCC(=O)c1ccnc2ccc(OC)cc12.O=C(O)C(O)C(O)C(=O)O. The molecule has 34 heavy (non-hydrogen) atoms. The zero-order valence-corrected chi connectivity index (χ0v) is 18.9. The van der Waals surface area contributed by atoms with Crippen molar-refractivity contribution in [2.75, 3.05) is 20.2 Å². The number of hydrogen-bond donors (Lipinski definition) is 5. The van der Waals surface area contributed by atoms with Crippen molar-refractivity contribution in [2.45, 2.75) is 31.5 Å². The number of piperidine rings is 1. The molecule has 0 amide bonds. The lowest BCUT2D eigenvalue weighted by Gasteiger charge is -2.29. The van der Waals surface area contributed by atoms with E-state index in [9.17, 15) is 14.4 Å². The summed E-state index contributed by atoms with van der Waals surface area (Å²) in [5, 5.41) is 36.8. The van der Waals surface area contributed by atoms with Gasteiger partial charge in [-0.1, -0.05) is 6.08 Å². The van der Waals surface area contributed by atoms with Crippen molar-refractivity contribution in [3.63, 3.8) is 0 Å². The van der Waals surface area contributed by atoms with Gasteiger partial charge in [0.2, 0.25) is 0 Å². The predicted molar refractivity (Wildman–Crippen MR) is 124 cm³/mol. The molecule has 3 rings (SSSR count). The number of aliphatic carboxylic acids is 2. The zero-order valence-electron chi connectivity index (χ0n) is 18.9. The Balaban J connectivity index is 0.000000347. The van der Waals surface area contributed by atoms with E-state index in [1.807, 2.05) is 30.3 Å². The van der Waals surface area contributed by atoms with Crippen molar-refractivity contribution in [1.82, 2.24) is 10.3 Å². The fourth-order valence-corrected chi connectivity index (χ4v) is 3.79. The molecule has 0 spiro atoms. The minimum Gasteiger partial charge on any atom is -0.497 e.